The lowest BCUT2D eigenvalue weighted by Crippen LogP contribution is -2.17. The smallest absolute Gasteiger partial charge is 0.123 e. The van der Waals surface area contributed by atoms with E-state index in [-0.39, 0.29) is 17.8 Å². The van der Waals surface area contributed by atoms with E-state index in [1.165, 1.54) is 11.6 Å². The second-order valence-electron chi connectivity index (χ2n) is 5.71. The maximum absolute atomic E-state index is 13.6. The van der Waals surface area contributed by atoms with E-state index >= 15 is 0 Å². The third-order valence-corrected chi connectivity index (χ3v) is 4.95. The average Bonchev–Trinajstić information content (AvgIpc) is 2.80. The Kier molecular flexibility index (Phi) is 3.96. The first-order chi connectivity index (χ1) is 9.97. The summed E-state index contributed by atoms with van der Waals surface area (Å²) in [5.41, 5.74) is 3.37. The van der Waals surface area contributed by atoms with Crippen LogP contribution in [0.3, 0.4) is 0 Å². The van der Waals surface area contributed by atoms with Crippen LogP contribution in [0.4, 0.5) is 4.39 Å². The summed E-state index contributed by atoms with van der Waals surface area (Å²) < 4.78 is 13.6. The van der Waals surface area contributed by atoms with Gasteiger partial charge < -0.3 is 4.90 Å². The molecule has 110 valence electrons. The van der Waals surface area contributed by atoms with E-state index in [1.54, 1.807) is 6.07 Å². The predicted octanol–water partition coefficient (Wildman–Crippen LogP) is 5.27. The monoisotopic (exact) mass is 323 g/mol. The molecule has 0 aliphatic heterocycles. The van der Waals surface area contributed by atoms with E-state index in [9.17, 15) is 4.39 Å². The minimum atomic E-state index is -0.185. The van der Waals surface area contributed by atoms with E-state index in [1.807, 2.05) is 38.4 Å². The Balaban J connectivity index is 2.07. The van der Waals surface area contributed by atoms with Crippen LogP contribution in [0.5, 0.6) is 0 Å². The van der Waals surface area contributed by atoms with Gasteiger partial charge in [0.1, 0.15) is 5.82 Å². The molecule has 2 aromatic carbocycles. The Bertz CT molecular complexity index is 684. The highest BCUT2D eigenvalue weighted by Crippen LogP contribution is 2.46. The molecule has 0 fully saturated rings. The normalized spacial score (nSPS) is 20.9. The molecule has 1 nitrogen and oxygen atoms in total. The van der Waals surface area contributed by atoms with Crippen LogP contribution in [0.25, 0.3) is 0 Å². The Morgan fingerprint density at radius 1 is 1.00 bits per heavy atom. The molecule has 0 aromatic heterocycles. The first-order valence-corrected chi connectivity index (χ1v) is 7.63. The summed E-state index contributed by atoms with van der Waals surface area (Å²) in [5.74, 6) is 0.0400. The molecule has 0 bridgehead atoms. The lowest BCUT2D eigenvalue weighted by molar-refractivity contribution is 0.293. The fraction of sp³-hybridized carbons (Fsp3) is 0.294. The molecule has 1 aliphatic rings. The van der Waals surface area contributed by atoms with Crippen molar-refractivity contribution < 1.29 is 4.39 Å². The van der Waals surface area contributed by atoms with E-state index < -0.39 is 0 Å². The van der Waals surface area contributed by atoms with Crippen molar-refractivity contribution in [2.75, 3.05) is 14.1 Å². The van der Waals surface area contributed by atoms with Gasteiger partial charge in [-0.2, -0.15) is 0 Å². The largest absolute Gasteiger partial charge is 0.302 e. The Morgan fingerprint density at radius 2 is 1.76 bits per heavy atom. The highest BCUT2D eigenvalue weighted by atomic mass is 35.5. The van der Waals surface area contributed by atoms with Crippen molar-refractivity contribution in [2.45, 2.75) is 18.4 Å². The van der Waals surface area contributed by atoms with E-state index in [4.69, 9.17) is 23.2 Å². The highest BCUT2D eigenvalue weighted by molar-refractivity contribution is 6.42. The molecule has 0 heterocycles. The topological polar surface area (TPSA) is 3.24 Å². The van der Waals surface area contributed by atoms with Crippen LogP contribution < -0.4 is 0 Å². The number of halogens is 3. The minimum Gasteiger partial charge on any atom is -0.302 e. The molecule has 4 heteroatoms. The SMILES string of the molecule is CN(C)[C@@H]1C[C@@H](c2ccc(Cl)c(Cl)c2)c2ccc(F)cc21. The third-order valence-electron chi connectivity index (χ3n) is 4.21. The number of nitrogens with zero attached hydrogens (tertiary/aromatic N) is 1. The molecule has 3 rings (SSSR count). The van der Waals surface area contributed by atoms with Gasteiger partial charge in [0.2, 0.25) is 0 Å². The van der Waals surface area contributed by atoms with Gasteiger partial charge in [-0.1, -0.05) is 35.3 Å². The molecule has 0 N–H and O–H groups in total. The van der Waals surface area contributed by atoms with Crippen molar-refractivity contribution in [3.8, 4) is 0 Å². The highest BCUT2D eigenvalue weighted by Gasteiger charge is 2.33. The molecule has 0 unspecified atom stereocenters. The van der Waals surface area contributed by atoms with Crippen LogP contribution >= 0.6 is 23.2 Å². The molecule has 0 radical (unpaired) electrons. The first kappa shape index (κ1) is 14.8. The van der Waals surface area contributed by atoms with Crippen LogP contribution in [-0.4, -0.2) is 19.0 Å². The molecule has 1 aliphatic carbocycles. The van der Waals surface area contributed by atoms with Crippen LogP contribution in [0.1, 0.15) is 35.1 Å². The van der Waals surface area contributed by atoms with Gasteiger partial charge in [-0.15, -0.1) is 0 Å². The molecular weight excluding hydrogens is 308 g/mol. The van der Waals surface area contributed by atoms with Crippen molar-refractivity contribution >= 4 is 23.2 Å². The average molecular weight is 324 g/mol. The number of rotatable bonds is 2. The van der Waals surface area contributed by atoms with Crippen molar-refractivity contribution in [1.82, 2.24) is 4.90 Å². The summed E-state index contributed by atoms with van der Waals surface area (Å²) in [7, 11) is 4.05. The molecule has 0 saturated heterocycles. The zero-order valence-electron chi connectivity index (χ0n) is 11.9. The molecule has 2 aromatic rings. The van der Waals surface area contributed by atoms with Crippen molar-refractivity contribution in [1.29, 1.82) is 0 Å². The molecule has 2 atom stereocenters. The second kappa shape index (κ2) is 5.60. The van der Waals surface area contributed by atoms with Gasteiger partial charge >= 0.3 is 0 Å². The quantitative estimate of drug-likeness (QED) is 0.727. The van der Waals surface area contributed by atoms with E-state index in [0.29, 0.717) is 10.0 Å². The van der Waals surface area contributed by atoms with Gasteiger partial charge in [-0.25, -0.2) is 4.39 Å². The Hall–Kier alpha value is -1.09. The zero-order chi connectivity index (χ0) is 15.1. The fourth-order valence-corrected chi connectivity index (χ4v) is 3.47. The van der Waals surface area contributed by atoms with Crippen LogP contribution in [0.15, 0.2) is 36.4 Å². The summed E-state index contributed by atoms with van der Waals surface area (Å²) in [6.07, 6.45) is 0.920. The van der Waals surface area contributed by atoms with Crippen molar-refractivity contribution in [3.63, 3.8) is 0 Å². The molecular formula is C17H16Cl2FN. The summed E-state index contributed by atoms with van der Waals surface area (Å²) in [5, 5.41) is 1.12. The predicted molar refractivity (Wildman–Crippen MR) is 85.8 cm³/mol. The summed E-state index contributed by atoms with van der Waals surface area (Å²) in [4.78, 5) is 2.13. The number of benzene rings is 2. The maximum atomic E-state index is 13.6. The first-order valence-electron chi connectivity index (χ1n) is 6.88. The standard InChI is InChI=1S/C17H16Cl2FN/c1-21(2)17-9-13(10-3-6-15(18)16(19)7-10)12-5-4-11(20)8-14(12)17/h3-8,13,17H,9H2,1-2H3/t13-,17+/m0/s1. The van der Waals surface area contributed by atoms with Gasteiger partial charge in [-0.3, -0.25) is 0 Å². The Morgan fingerprint density at radius 3 is 2.43 bits per heavy atom. The van der Waals surface area contributed by atoms with Gasteiger partial charge in [-0.05, 0) is 61.5 Å². The second-order valence-corrected chi connectivity index (χ2v) is 6.53. The Labute approximate surface area is 134 Å². The summed E-state index contributed by atoms with van der Waals surface area (Å²) >= 11 is 12.1. The molecule has 0 amide bonds. The fourth-order valence-electron chi connectivity index (χ4n) is 3.16. The number of hydrogen-bond acceptors (Lipinski definition) is 1. The number of hydrogen-bond donors (Lipinski definition) is 0. The van der Waals surface area contributed by atoms with Crippen molar-refractivity contribution in [2.24, 2.45) is 0 Å². The maximum Gasteiger partial charge on any atom is 0.123 e. The molecule has 0 spiro atoms. The number of fused-ring (bicyclic) bond motifs is 1. The van der Waals surface area contributed by atoms with Crippen LogP contribution in [0.2, 0.25) is 10.0 Å². The lowest BCUT2D eigenvalue weighted by Gasteiger charge is -2.20. The molecule has 0 saturated carbocycles. The summed E-state index contributed by atoms with van der Waals surface area (Å²) in [6.45, 7) is 0. The van der Waals surface area contributed by atoms with Gasteiger partial charge in [0.15, 0.2) is 0 Å². The van der Waals surface area contributed by atoms with Crippen molar-refractivity contribution in [3.05, 3.63) is 69.0 Å². The third kappa shape index (κ3) is 2.68. The minimum absolute atomic E-state index is 0.185. The van der Waals surface area contributed by atoms with Gasteiger partial charge in [0, 0.05) is 12.0 Å². The van der Waals surface area contributed by atoms with Gasteiger partial charge in [0.25, 0.3) is 0 Å². The molecule has 21 heavy (non-hydrogen) atoms. The van der Waals surface area contributed by atoms with Gasteiger partial charge in [0.05, 0.1) is 10.0 Å². The summed E-state index contributed by atoms with van der Waals surface area (Å²) in [6, 6.07) is 11.0. The zero-order valence-corrected chi connectivity index (χ0v) is 13.4. The van der Waals surface area contributed by atoms with Crippen LogP contribution in [0, 0.1) is 5.82 Å². The lowest BCUT2D eigenvalue weighted by atomic mass is 9.93. The van der Waals surface area contributed by atoms with E-state index in [2.05, 4.69) is 4.90 Å². The van der Waals surface area contributed by atoms with E-state index in [0.717, 1.165) is 17.5 Å². The van der Waals surface area contributed by atoms with Crippen LogP contribution in [-0.2, 0) is 0 Å².